The van der Waals surface area contributed by atoms with Crippen LogP contribution in [-0.4, -0.2) is 37.2 Å². The van der Waals surface area contributed by atoms with Crippen molar-refractivity contribution in [2.24, 2.45) is 5.73 Å². The van der Waals surface area contributed by atoms with E-state index in [1.54, 1.807) is 12.4 Å². The second kappa shape index (κ2) is 5.84. The molecular formula is C8H16N4O2S. The topological polar surface area (TPSA) is 101 Å². The highest BCUT2D eigenvalue weighted by Gasteiger charge is 2.08. The first-order valence-corrected chi connectivity index (χ1v) is 6.45. The van der Waals surface area contributed by atoms with Gasteiger partial charge < -0.3 is 10.7 Å². The van der Waals surface area contributed by atoms with Gasteiger partial charge in [-0.25, -0.2) is 18.1 Å². The molecule has 6 nitrogen and oxygen atoms in total. The van der Waals surface area contributed by atoms with Crippen molar-refractivity contribution in [3.63, 3.8) is 0 Å². The zero-order valence-electron chi connectivity index (χ0n) is 8.44. The fourth-order valence-electron chi connectivity index (χ4n) is 1.11. The van der Waals surface area contributed by atoms with E-state index in [-0.39, 0.29) is 5.75 Å². The van der Waals surface area contributed by atoms with Crippen molar-refractivity contribution in [1.82, 2.24) is 14.7 Å². The first-order chi connectivity index (χ1) is 7.14. The van der Waals surface area contributed by atoms with E-state index in [0.717, 1.165) is 5.82 Å². The number of sulfonamides is 1. The number of rotatable bonds is 7. The Bertz CT molecular complexity index is 360. The lowest BCUT2D eigenvalue weighted by Gasteiger charge is -2.04. The summed E-state index contributed by atoms with van der Waals surface area (Å²) >= 11 is 0. The first kappa shape index (κ1) is 12.2. The molecular weight excluding hydrogens is 216 g/mol. The highest BCUT2D eigenvalue weighted by molar-refractivity contribution is 7.89. The molecule has 15 heavy (non-hydrogen) atoms. The summed E-state index contributed by atoms with van der Waals surface area (Å²) in [6.45, 7) is 0.750. The summed E-state index contributed by atoms with van der Waals surface area (Å²) in [5.74, 6) is 0.860. The Hall–Kier alpha value is -0.920. The molecule has 0 fully saturated rings. The Balaban J connectivity index is 2.24. The van der Waals surface area contributed by atoms with Gasteiger partial charge in [-0.05, 0) is 13.0 Å². The zero-order chi connectivity index (χ0) is 11.1. The molecule has 0 spiro atoms. The minimum atomic E-state index is -3.17. The molecule has 1 aromatic rings. The molecule has 0 aliphatic carbocycles. The Labute approximate surface area is 89.3 Å². The van der Waals surface area contributed by atoms with E-state index in [9.17, 15) is 8.42 Å². The monoisotopic (exact) mass is 232 g/mol. The van der Waals surface area contributed by atoms with Gasteiger partial charge in [0.1, 0.15) is 5.82 Å². The van der Waals surface area contributed by atoms with Gasteiger partial charge >= 0.3 is 0 Å². The highest BCUT2D eigenvalue weighted by atomic mass is 32.2. The number of nitrogens with two attached hydrogens (primary N) is 1. The third-order valence-corrected chi connectivity index (χ3v) is 3.33. The number of H-pyrrole nitrogens is 1. The maximum atomic E-state index is 11.3. The van der Waals surface area contributed by atoms with Crippen LogP contribution in [0.2, 0.25) is 0 Å². The van der Waals surface area contributed by atoms with Gasteiger partial charge in [0, 0.05) is 25.4 Å². The van der Waals surface area contributed by atoms with Gasteiger partial charge in [0.15, 0.2) is 0 Å². The van der Waals surface area contributed by atoms with Gasteiger partial charge in [-0.3, -0.25) is 0 Å². The van der Waals surface area contributed by atoms with E-state index in [2.05, 4.69) is 14.7 Å². The molecule has 1 aromatic heterocycles. The summed E-state index contributed by atoms with van der Waals surface area (Å²) in [6.07, 6.45) is 4.39. The predicted octanol–water partition coefficient (Wildman–Crippen LogP) is -0.780. The van der Waals surface area contributed by atoms with E-state index in [1.807, 2.05) is 0 Å². The van der Waals surface area contributed by atoms with Gasteiger partial charge in [0.05, 0.1) is 5.75 Å². The van der Waals surface area contributed by atoms with Gasteiger partial charge in [-0.15, -0.1) is 0 Å². The molecule has 1 heterocycles. The van der Waals surface area contributed by atoms with Gasteiger partial charge in [-0.2, -0.15) is 0 Å². The Kier molecular flexibility index (Phi) is 4.73. The molecule has 0 aromatic carbocycles. The number of nitrogens with one attached hydrogen (secondary N) is 2. The lowest BCUT2D eigenvalue weighted by atomic mass is 10.4. The maximum absolute atomic E-state index is 11.3. The SMILES string of the molecule is NCCCS(=O)(=O)NCCc1ncc[nH]1. The van der Waals surface area contributed by atoms with Crippen molar-refractivity contribution < 1.29 is 8.42 Å². The quantitative estimate of drug-likeness (QED) is 0.574. The fraction of sp³-hybridized carbons (Fsp3) is 0.625. The standard InChI is InChI=1S/C8H16N4O2S/c9-3-1-7-15(13,14)12-4-2-8-10-5-6-11-8/h5-6,12H,1-4,7,9H2,(H,10,11). The zero-order valence-corrected chi connectivity index (χ0v) is 9.26. The molecule has 0 atom stereocenters. The fourth-order valence-corrected chi connectivity index (χ4v) is 2.21. The van der Waals surface area contributed by atoms with Gasteiger partial charge in [0.2, 0.25) is 10.0 Å². The van der Waals surface area contributed by atoms with Crippen molar-refractivity contribution in [1.29, 1.82) is 0 Å². The lowest BCUT2D eigenvalue weighted by molar-refractivity contribution is 0.578. The second-order valence-electron chi connectivity index (χ2n) is 3.14. The molecule has 7 heteroatoms. The van der Waals surface area contributed by atoms with Crippen LogP contribution in [-0.2, 0) is 16.4 Å². The predicted molar refractivity (Wildman–Crippen MR) is 57.8 cm³/mol. The smallest absolute Gasteiger partial charge is 0.211 e. The highest BCUT2D eigenvalue weighted by Crippen LogP contribution is 1.91. The van der Waals surface area contributed by atoms with Crippen molar-refractivity contribution in [2.45, 2.75) is 12.8 Å². The van der Waals surface area contributed by atoms with Gasteiger partial charge in [0.25, 0.3) is 0 Å². The molecule has 0 amide bonds. The van der Waals surface area contributed by atoms with Crippen LogP contribution in [0.3, 0.4) is 0 Å². The average molecular weight is 232 g/mol. The van der Waals surface area contributed by atoms with Crippen molar-refractivity contribution >= 4 is 10.0 Å². The van der Waals surface area contributed by atoms with Crippen molar-refractivity contribution in [2.75, 3.05) is 18.8 Å². The average Bonchev–Trinajstić information content (AvgIpc) is 2.67. The molecule has 0 saturated carbocycles. The first-order valence-electron chi connectivity index (χ1n) is 4.80. The molecule has 0 saturated heterocycles. The molecule has 1 rings (SSSR count). The van der Waals surface area contributed by atoms with Crippen LogP contribution in [0.25, 0.3) is 0 Å². The van der Waals surface area contributed by atoms with Gasteiger partial charge in [-0.1, -0.05) is 0 Å². The molecule has 4 N–H and O–H groups in total. The van der Waals surface area contributed by atoms with E-state index < -0.39 is 10.0 Å². The van der Waals surface area contributed by atoms with Crippen LogP contribution in [0, 0.1) is 0 Å². The van der Waals surface area contributed by atoms with E-state index >= 15 is 0 Å². The molecule has 0 radical (unpaired) electrons. The minimum absolute atomic E-state index is 0.0850. The summed E-state index contributed by atoms with van der Waals surface area (Å²) in [7, 11) is -3.17. The molecule has 0 unspecified atom stereocenters. The summed E-state index contributed by atoms with van der Waals surface area (Å²) in [4.78, 5) is 6.89. The Morgan fingerprint density at radius 1 is 1.53 bits per heavy atom. The van der Waals surface area contributed by atoms with Crippen LogP contribution < -0.4 is 10.5 Å². The van der Waals surface area contributed by atoms with E-state index in [0.29, 0.717) is 25.9 Å². The summed E-state index contributed by atoms with van der Waals surface area (Å²) in [5, 5.41) is 0. The van der Waals surface area contributed by atoms with Crippen LogP contribution in [0.5, 0.6) is 0 Å². The number of aromatic amines is 1. The Morgan fingerprint density at radius 3 is 2.93 bits per heavy atom. The number of aromatic nitrogens is 2. The molecule has 0 bridgehead atoms. The van der Waals surface area contributed by atoms with Crippen LogP contribution in [0.4, 0.5) is 0 Å². The molecule has 0 aliphatic rings. The maximum Gasteiger partial charge on any atom is 0.211 e. The number of nitrogens with zero attached hydrogens (tertiary/aromatic N) is 1. The summed E-state index contributed by atoms with van der Waals surface area (Å²) in [5.41, 5.74) is 5.23. The van der Waals surface area contributed by atoms with Crippen LogP contribution >= 0.6 is 0 Å². The van der Waals surface area contributed by atoms with Crippen LogP contribution in [0.1, 0.15) is 12.2 Å². The summed E-state index contributed by atoms with van der Waals surface area (Å²) < 4.78 is 25.1. The van der Waals surface area contributed by atoms with E-state index in [4.69, 9.17) is 5.73 Å². The third-order valence-electron chi connectivity index (χ3n) is 1.86. The Morgan fingerprint density at radius 2 is 2.33 bits per heavy atom. The minimum Gasteiger partial charge on any atom is -0.349 e. The number of hydrogen-bond donors (Lipinski definition) is 3. The van der Waals surface area contributed by atoms with Crippen molar-refractivity contribution in [3.05, 3.63) is 18.2 Å². The molecule has 86 valence electrons. The molecule has 0 aliphatic heterocycles. The van der Waals surface area contributed by atoms with E-state index in [1.165, 1.54) is 0 Å². The third kappa shape index (κ3) is 4.91. The summed E-state index contributed by atoms with van der Waals surface area (Å²) in [6, 6.07) is 0. The van der Waals surface area contributed by atoms with Crippen LogP contribution in [0.15, 0.2) is 12.4 Å². The normalized spacial score (nSPS) is 11.8. The number of imidazole rings is 1. The number of hydrogen-bond acceptors (Lipinski definition) is 4. The van der Waals surface area contributed by atoms with Crippen molar-refractivity contribution in [3.8, 4) is 0 Å². The largest absolute Gasteiger partial charge is 0.349 e. The second-order valence-corrected chi connectivity index (χ2v) is 5.07. The lowest BCUT2D eigenvalue weighted by Crippen LogP contribution is -2.29.